The largest absolute Gasteiger partial charge is 0.326 e. The molecule has 192 valence electrons. The van der Waals surface area contributed by atoms with Crippen molar-refractivity contribution in [3.05, 3.63) is 0 Å². The van der Waals surface area contributed by atoms with Crippen LogP contribution >= 0.6 is 0 Å². The Kier molecular flexibility index (Phi) is 13.2. The number of likely N-dealkylation sites (N-methyl/N-ethyl adjacent to an activating group) is 4. The molecule has 0 radical (unpaired) electrons. The van der Waals surface area contributed by atoms with Gasteiger partial charge in [-0.25, -0.2) is 0 Å². The van der Waals surface area contributed by atoms with Crippen molar-refractivity contribution in [2.45, 2.75) is 102 Å². The standard InChI is InChI=1S/4C6H14N2/c4*1-5-3-6(7)4-8(5)2/h4*5-6H,3-4,7H2,1-2H3/t2*5-,6+;2*5-,6-/m1010/s1. The van der Waals surface area contributed by atoms with Crippen molar-refractivity contribution in [3.63, 3.8) is 0 Å². The minimum atomic E-state index is 0.426. The third-order valence-electron chi connectivity index (χ3n) is 7.68. The summed E-state index contributed by atoms with van der Waals surface area (Å²) in [4.78, 5) is 9.19. The molecule has 4 aliphatic heterocycles. The molecule has 8 nitrogen and oxygen atoms in total. The monoisotopic (exact) mass is 456 g/mol. The van der Waals surface area contributed by atoms with Gasteiger partial charge >= 0.3 is 0 Å². The van der Waals surface area contributed by atoms with Crippen LogP contribution in [0.4, 0.5) is 0 Å². The van der Waals surface area contributed by atoms with Crippen LogP contribution < -0.4 is 22.9 Å². The predicted molar refractivity (Wildman–Crippen MR) is 139 cm³/mol. The lowest BCUT2D eigenvalue weighted by atomic mass is 10.2. The van der Waals surface area contributed by atoms with Gasteiger partial charge in [-0.05, 0) is 81.6 Å². The van der Waals surface area contributed by atoms with E-state index in [1.807, 2.05) is 0 Å². The molecule has 0 saturated carbocycles. The van der Waals surface area contributed by atoms with Crippen LogP contribution in [-0.2, 0) is 0 Å². The fourth-order valence-corrected chi connectivity index (χ4v) is 4.97. The summed E-state index contributed by atoms with van der Waals surface area (Å²) in [6.07, 6.45) is 4.65. The molecule has 0 aliphatic carbocycles. The summed E-state index contributed by atoms with van der Waals surface area (Å²) in [5, 5.41) is 0. The first-order valence-corrected chi connectivity index (χ1v) is 12.6. The number of hydrogen-bond donors (Lipinski definition) is 4. The third-order valence-corrected chi connectivity index (χ3v) is 7.68. The van der Waals surface area contributed by atoms with E-state index in [0.29, 0.717) is 48.3 Å². The Morgan fingerprint density at radius 1 is 0.406 bits per heavy atom. The Morgan fingerprint density at radius 2 is 0.562 bits per heavy atom. The van der Waals surface area contributed by atoms with Crippen molar-refractivity contribution >= 4 is 0 Å². The second-order valence-electron chi connectivity index (χ2n) is 11.1. The van der Waals surface area contributed by atoms with Gasteiger partial charge in [0.1, 0.15) is 0 Å². The van der Waals surface area contributed by atoms with Crippen LogP contribution in [0.15, 0.2) is 0 Å². The molecule has 8 atom stereocenters. The highest BCUT2D eigenvalue weighted by molar-refractivity contribution is 4.83. The van der Waals surface area contributed by atoms with Crippen LogP contribution in [0.5, 0.6) is 0 Å². The fourth-order valence-electron chi connectivity index (χ4n) is 4.97. The summed E-state index contributed by atoms with van der Waals surface area (Å²) < 4.78 is 0. The van der Waals surface area contributed by atoms with Gasteiger partial charge in [0.25, 0.3) is 0 Å². The fraction of sp³-hybridized carbons (Fsp3) is 1.00. The quantitative estimate of drug-likeness (QED) is 0.407. The van der Waals surface area contributed by atoms with Gasteiger partial charge < -0.3 is 42.5 Å². The summed E-state index contributed by atoms with van der Waals surface area (Å²) in [6.45, 7) is 13.1. The molecule has 8 heteroatoms. The zero-order valence-corrected chi connectivity index (χ0v) is 22.4. The predicted octanol–water partition coefficient (Wildman–Crippen LogP) is 0.151. The Bertz CT molecular complexity index is 378. The first-order chi connectivity index (χ1) is 14.8. The molecule has 4 fully saturated rings. The van der Waals surface area contributed by atoms with Gasteiger partial charge in [-0.2, -0.15) is 0 Å². The number of nitrogens with two attached hydrogens (primary N) is 4. The first-order valence-electron chi connectivity index (χ1n) is 12.6. The van der Waals surface area contributed by atoms with E-state index in [2.05, 4.69) is 75.5 Å². The summed E-state index contributed by atoms with van der Waals surface area (Å²) in [5.74, 6) is 0. The van der Waals surface area contributed by atoms with E-state index in [-0.39, 0.29) is 0 Å². The van der Waals surface area contributed by atoms with Crippen LogP contribution in [0, 0.1) is 0 Å². The highest BCUT2D eigenvalue weighted by atomic mass is 15.2. The molecule has 0 spiro atoms. The van der Waals surface area contributed by atoms with Gasteiger partial charge in [0, 0.05) is 74.5 Å². The molecule has 0 unspecified atom stereocenters. The zero-order valence-electron chi connectivity index (χ0n) is 22.4. The lowest BCUT2D eigenvalue weighted by Gasteiger charge is -2.11. The van der Waals surface area contributed by atoms with E-state index in [1.165, 1.54) is 0 Å². The Morgan fingerprint density at radius 3 is 0.594 bits per heavy atom. The maximum Gasteiger partial charge on any atom is 0.0182 e. The van der Waals surface area contributed by atoms with Crippen molar-refractivity contribution in [3.8, 4) is 0 Å². The van der Waals surface area contributed by atoms with Crippen molar-refractivity contribution in [2.75, 3.05) is 54.4 Å². The van der Waals surface area contributed by atoms with Crippen LogP contribution in [0.1, 0.15) is 53.4 Å². The van der Waals surface area contributed by atoms with Crippen LogP contribution in [-0.4, -0.2) is 122 Å². The lowest BCUT2D eigenvalue weighted by Crippen LogP contribution is -2.24. The molecular weight excluding hydrogens is 400 g/mol. The van der Waals surface area contributed by atoms with Crippen LogP contribution in [0.2, 0.25) is 0 Å². The molecule has 0 aromatic carbocycles. The number of hydrogen-bond acceptors (Lipinski definition) is 8. The SMILES string of the molecule is C[C@@H]1C[C@@H](N)CN1C.C[C@@H]1C[C@H](N)CN1C.C[C@H]1C[C@@H](N)CN1C.C[C@H]1C[C@H](N)CN1C. The average molecular weight is 457 g/mol. The molecular formula is C24H56N8. The normalized spacial score (nSPS) is 40.9. The molecule has 0 aromatic rings. The van der Waals surface area contributed by atoms with Crippen LogP contribution in [0.3, 0.4) is 0 Å². The molecule has 32 heavy (non-hydrogen) atoms. The summed E-state index contributed by atoms with van der Waals surface area (Å²) in [6, 6.07) is 4.50. The van der Waals surface area contributed by atoms with Gasteiger partial charge in [0.15, 0.2) is 0 Å². The topological polar surface area (TPSA) is 117 Å². The number of rotatable bonds is 0. The van der Waals surface area contributed by atoms with Gasteiger partial charge in [0.05, 0.1) is 0 Å². The highest BCUT2D eigenvalue weighted by Crippen LogP contribution is 2.14. The summed E-state index contributed by atoms with van der Waals surface area (Å²) in [5.41, 5.74) is 22.7. The maximum absolute atomic E-state index is 5.67. The Hall–Kier alpha value is -0.320. The minimum Gasteiger partial charge on any atom is -0.326 e. The molecule has 4 rings (SSSR count). The van der Waals surface area contributed by atoms with E-state index in [1.54, 1.807) is 0 Å². The van der Waals surface area contributed by atoms with Crippen molar-refractivity contribution in [2.24, 2.45) is 22.9 Å². The zero-order chi connectivity index (χ0) is 24.6. The van der Waals surface area contributed by atoms with Gasteiger partial charge in [0.2, 0.25) is 0 Å². The molecule has 0 bridgehead atoms. The maximum atomic E-state index is 5.67. The van der Waals surface area contributed by atoms with Crippen molar-refractivity contribution in [1.82, 2.24) is 19.6 Å². The van der Waals surface area contributed by atoms with Gasteiger partial charge in [-0.1, -0.05) is 0 Å². The van der Waals surface area contributed by atoms with E-state index >= 15 is 0 Å². The first kappa shape index (κ1) is 29.7. The third kappa shape index (κ3) is 10.7. The van der Waals surface area contributed by atoms with Crippen LogP contribution in [0.25, 0.3) is 0 Å². The van der Waals surface area contributed by atoms with Crippen molar-refractivity contribution < 1.29 is 0 Å². The molecule has 0 aromatic heterocycles. The average Bonchev–Trinajstić information content (AvgIpc) is 3.32. The smallest absolute Gasteiger partial charge is 0.0182 e. The number of nitrogens with zero attached hydrogens (tertiary/aromatic N) is 4. The molecule has 4 saturated heterocycles. The van der Waals surface area contributed by atoms with E-state index in [0.717, 1.165) is 51.9 Å². The van der Waals surface area contributed by atoms with Gasteiger partial charge in [-0.15, -0.1) is 0 Å². The lowest BCUT2D eigenvalue weighted by molar-refractivity contribution is 0.329. The molecule has 4 heterocycles. The van der Waals surface area contributed by atoms with E-state index in [9.17, 15) is 0 Å². The molecule has 4 aliphatic rings. The van der Waals surface area contributed by atoms with E-state index < -0.39 is 0 Å². The van der Waals surface area contributed by atoms with Gasteiger partial charge in [-0.3, -0.25) is 0 Å². The number of likely N-dealkylation sites (tertiary alicyclic amines) is 4. The summed E-state index contributed by atoms with van der Waals surface area (Å²) in [7, 11) is 8.49. The summed E-state index contributed by atoms with van der Waals surface area (Å²) >= 11 is 0. The second kappa shape index (κ2) is 14.2. The molecule has 0 amide bonds. The molecule has 8 N–H and O–H groups in total. The highest BCUT2D eigenvalue weighted by Gasteiger charge is 2.24. The minimum absolute atomic E-state index is 0.426. The second-order valence-corrected chi connectivity index (χ2v) is 11.1. The Labute approximate surface area is 199 Å². The Balaban J connectivity index is 0.000000213. The van der Waals surface area contributed by atoms with Crippen molar-refractivity contribution in [1.29, 1.82) is 0 Å². The van der Waals surface area contributed by atoms with E-state index in [4.69, 9.17) is 22.9 Å².